The van der Waals surface area contributed by atoms with Crippen LogP contribution in [0.25, 0.3) is 0 Å². The second kappa shape index (κ2) is 10.3. The molecule has 0 aromatic heterocycles. The highest BCUT2D eigenvalue weighted by molar-refractivity contribution is 5.78. The number of halogens is 1. The summed E-state index contributed by atoms with van der Waals surface area (Å²) in [6, 6.07) is 6.19. The van der Waals surface area contributed by atoms with Crippen LogP contribution in [0.15, 0.2) is 18.2 Å². The van der Waals surface area contributed by atoms with Crippen molar-refractivity contribution in [1.82, 2.24) is 15.1 Å². The van der Waals surface area contributed by atoms with Gasteiger partial charge in [0.05, 0.1) is 12.5 Å². The van der Waals surface area contributed by atoms with Crippen molar-refractivity contribution in [2.45, 2.75) is 45.2 Å². The van der Waals surface area contributed by atoms with E-state index in [1.165, 1.54) is 0 Å². The maximum atomic E-state index is 14.3. The Morgan fingerprint density at radius 1 is 1.25 bits per heavy atom. The molecular formula is C22H34FN3O2. The normalized spacial score (nSPS) is 22.3. The zero-order chi connectivity index (χ0) is 19.9. The first-order valence-electron chi connectivity index (χ1n) is 10.6. The molecule has 1 aromatic rings. The molecule has 6 heteroatoms. The van der Waals surface area contributed by atoms with Gasteiger partial charge in [-0.3, -0.25) is 14.6 Å². The van der Waals surface area contributed by atoms with E-state index in [9.17, 15) is 9.18 Å². The zero-order valence-corrected chi connectivity index (χ0v) is 17.3. The number of likely N-dealkylation sites (tertiary alicyclic amines) is 2. The highest BCUT2D eigenvalue weighted by Crippen LogP contribution is 2.25. The van der Waals surface area contributed by atoms with Crippen LogP contribution in [0.4, 0.5) is 4.39 Å². The molecule has 2 aliphatic rings. The molecule has 0 bridgehead atoms. The molecule has 1 aromatic carbocycles. The number of nitrogens with one attached hydrogen (secondary N) is 1. The third-order valence-electron chi connectivity index (χ3n) is 6.17. The quantitative estimate of drug-likeness (QED) is 0.726. The van der Waals surface area contributed by atoms with Crippen LogP contribution < -0.4 is 5.32 Å². The van der Waals surface area contributed by atoms with Crippen molar-refractivity contribution in [3.63, 3.8) is 0 Å². The van der Waals surface area contributed by atoms with Crippen molar-refractivity contribution < 1.29 is 13.9 Å². The maximum absolute atomic E-state index is 14.3. The molecule has 0 aliphatic carbocycles. The highest BCUT2D eigenvalue weighted by atomic mass is 19.1. The Labute approximate surface area is 168 Å². The fourth-order valence-corrected chi connectivity index (χ4v) is 4.49. The molecule has 2 saturated heterocycles. The average Bonchev–Trinajstić information content (AvgIpc) is 2.72. The van der Waals surface area contributed by atoms with E-state index >= 15 is 0 Å². The number of carbonyl (C=O) groups excluding carboxylic acids is 1. The number of carbonyl (C=O) groups is 1. The molecule has 2 heterocycles. The lowest BCUT2D eigenvalue weighted by Gasteiger charge is -2.42. The predicted molar refractivity (Wildman–Crippen MR) is 109 cm³/mol. The van der Waals surface area contributed by atoms with Gasteiger partial charge in [0.1, 0.15) is 5.82 Å². The number of rotatable bonds is 7. The minimum absolute atomic E-state index is 0.0667. The van der Waals surface area contributed by atoms with Gasteiger partial charge in [-0.05, 0) is 57.8 Å². The van der Waals surface area contributed by atoms with Crippen LogP contribution in [0.1, 0.15) is 36.8 Å². The molecule has 0 saturated carbocycles. The molecule has 0 spiro atoms. The Hall–Kier alpha value is -1.50. The molecule has 2 aliphatic heterocycles. The van der Waals surface area contributed by atoms with Crippen molar-refractivity contribution in [1.29, 1.82) is 0 Å². The summed E-state index contributed by atoms with van der Waals surface area (Å²) in [4.78, 5) is 17.2. The molecule has 1 atom stereocenters. The molecular weight excluding hydrogens is 357 g/mol. The highest BCUT2D eigenvalue weighted by Gasteiger charge is 2.31. The minimum atomic E-state index is -0.0667. The monoisotopic (exact) mass is 391 g/mol. The Morgan fingerprint density at radius 2 is 2.04 bits per heavy atom. The minimum Gasteiger partial charge on any atom is -0.383 e. The first-order valence-corrected chi connectivity index (χ1v) is 10.6. The van der Waals surface area contributed by atoms with E-state index in [1.54, 1.807) is 7.11 Å². The zero-order valence-electron chi connectivity index (χ0n) is 17.3. The molecule has 1 N–H and O–H groups in total. The lowest BCUT2D eigenvalue weighted by atomic mass is 9.93. The van der Waals surface area contributed by atoms with Gasteiger partial charge >= 0.3 is 0 Å². The third-order valence-corrected chi connectivity index (χ3v) is 6.17. The van der Waals surface area contributed by atoms with E-state index in [-0.39, 0.29) is 17.6 Å². The first kappa shape index (κ1) is 21.2. The van der Waals surface area contributed by atoms with Crippen LogP contribution >= 0.6 is 0 Å². The molecule has 0 radical (unpaired) electrons. The number of methoxy groups -OCH3 is 1. The summed E-state index contributed by atoms with van der Waals surface area (Å²) in [6.07, 6.45) is 4.23. The number of amides is 1. The van der Waals surface area contributed by atoms with E-state index in [4.69, 9.17) is 4.74 Å². The molecule has 28 heavy (non-hydrogen) atoms. The fourth-order valence-electron chi connectivity index (χ4n) is 4.49. The van der Waals surface area contributed by atoms with Crippen LogP contribution in [0.2, 0.25) is 0 Å². The van der Waals surface area contributed by atoms with Crippen LogP contribution in [-0.4, -0.2) is 68.2 Å². The molecule has 156 valence electrons. The first-order chi connectivity index (χ1) is 13.6. The number of piperidine rings is 2. The van der Waals surface area contributed by atoms with Gasteiger partial charge in [0, 0.05) is 38.3 Å². The summed E-state index contributed by atoms with van der Waals surface area (Å²) in [7, 11) is 1.65. The number of nitrogens with zero attached hydrogens (tertiary/aromatic N) is 2. The SMILES string of the molecule is COCCNC(=O)[C@@H]1CCCN(C2CCN(Cc3cccc(C)c3F)CC2)C1. The van der Waals surface area contributed by atoms with Crippen molar-refractivity contribution in [2.24, 2.45) is 5.92 Å². The number of aryl methyl sites for hydroxylation is 1. The van der Waals surface area contributed by atoms with E-state index < -0.39 is 0 Å². The van der Waals surface area contributed by atoms with Gasteiger partial charge in [0.15, 0.2) is 0 Å². The topological polar surface area (TPSA) is 44.8 Å². The van der Waals surface area contributed by atoms with Crippen molar-refractivity contribution in [2.75, 3.05) is 46.4 Å². The average molecular weight is 392 g/mol. The summed E-state index contributed by atoms with van der Waals surface area (Å²) < 4.78 is 19.3. The summed E-state index contributed by atoms with van der Waals surface area (Å²) >= 11 is 0. The second-order valence-corrected chi connectivity index (χ2v) is 8.17. The van der Waals surface area contributed by atoms with Gasteiger partial charge in [-0.2, -0.15) is 0 Å². The van der Waals surface area contributed by atoms with Crippen molar-refractivity contribution >= 4 is 5.91 Å². The summed E-state index contributed by atoms with van der Waals surface area (Å²) in [5, 5.41) is 2.99. The summed E-state index contributed by atoms with van der Waals surface area (Å²) in [5.74, 6) is 0.183. The Bertz CT molecular complexity index is 647. The lowest BCUT2D eigenvalue weighted by Crippen LogP contribution is -2.50. The van der Waals surface area contributed by atoms with Gasteiger partial charge < -0.3 is 10.1 Å². The van der Waals surface area contributed by atoms with Gasteiger partial charge in [0.25, 0.3) is 0 Å². The molecule has 2 fully saturated rings. The lowest BCUT2D eigenvalue weighted by molar-refractivity contribution is -0.127. The smallest absolute Gasteiger partial charge is 0.224 e. The van der Waals surface area contributed by atoms with Crippen LogP contribution in [0.3, 0.4) is 0 Å². The van der Waals surface area contributed by atoms with Crippen molar-refractivity contribution in [3.05, 3.63) is 35.1 Å². The van der Waals surface area contributed by atoms with Crippen LogP contribution in [0, 0.1) is 18.7 Å². The molecule has 0 unspecified atom stereocenters. The number of hydrogen-bond donors (Lipinski definition) is 1. The Morgan fingerprint density at radius 3 is 2.79 bits per heavy atom. The summed E-state index contributed by atoms with van der Waals surface area (Å²) in [6.45, 7) is 7.56. The Balaban J connectivity index is 1.46. The molecule has 5 nitrogen and oxygen atoms in total. The standard InChI is InChI=1S/C22H34FN3O2/c1-17-5-3-6-18(21(17)23)15-25-12-8-20(9-13-25)26-11-4-7-19(16-26)22(27)24-10-14-28-2/h3,5-6,19-20H,4,7-16H2,1-2H3,(H,24,27)/t19-/m1/s1. The fraction of sp³-hybridized carbons (Fsp3) is 0.682. The van der Waals surface area contributed by atoms with E-state index in [0.717, 1.165) is 63.0 Å². The number of ether oxygens (including phenoxy) is 1. The Kier molecular flexibility index (Phi) is 7.82. The second-order valence-electron chi connectivity index (χ2n) is 8.17. The largest absolute Gasteiger partial charge is 0.383 e. The van der Waals surface area contributed by atoms with Gasteiger partial charge in [-0.25, -0.2) is 4.39 Å². The van der Waals surface area contributed by atoms with Gasteiger partial charge in [-0.1, -0.05) is 18.2 Å². The van der Waals surface area contributed by atoms with E-state index in [2.05, 4.69) is 15.1 Å². The van der Waals surface area contributed by atoms with Crippen LogP contribution in [0.5, 0.6) is 0 Å². The van der Waals surface area contributed by atoms with E-state index in [0.29, 0.717) is 25.7 Å². The van der Waals surface area contributed by atoms with Crippen LogP contribution in [-0.2, 0) is 16.1 Å². The number of benzene rings is 1. The number of hydrogen-bond acceptors (Lipinski definition) is 4. The summed E-state index contributed by atoms with van der Waals surface area (Å²) in [5.41, 5.74) is 1.51. The third kappa shape index (κ3) is 5.52. The van der Waals surface area contributed by atoms with Gasteiger partial charge in [-0.15, -0.1) is 0 Å². The predicted octanol–water partition coefficient (Wildman–Crippen LogP) is 2.57. The van der Waals surface area contributed by atoms with Crippen molar-refractivity contribution in [3.8, 4) is 0 Å². The molecule has 1 amide bonds. The maximum Gasteiger partial charge on any atom is 0.224 e. The van der Waals surface area contributed by atoms with Gasteiger partial charge in [0.2, 0.25) is 5.91 Å². The molecule has 3 rings (SSSR count). The van der Waals surface area contributed by atoms with E-state index in [1.807, 2.05) is 25.1 Å².